The van der Waals surface area contributed by atoms with Crippen LogP contribution in [-0.2, 0) is 75.8 Å². The zero-order valence-electron chi connectivity index (χ0n) is 31.9. The van der Waals surface area contributed by atoms with Crippen LogP contribution in [-0.4, -0.2) is 211 Å². The molecule has 0 aliphatic heterocycles. The van der Waals surface area contributed by atoms with Gasteiger partial charge in [0.05, 0.1) is 198 Å². The van der Waals surface area contributed by atoms with Gasteiger partial charge in [-0.15, -0.1) is 6.42 Å². The first-order chi connectivity index (χ1) is 25.9. The zero-order valence-corrected chi connectivity index (χ0v) is 31.9. The summed E-state index contributed by atoms with van der Waals surface area (Å²) in [7, 11) is 0. The van der Waals surface area contributed by atoms with Crippen molar-refractivity contribution in [2.45, 2.75) is 13.3 Å². The monoisotopic (exact) mass is 758 g/mol. The van der Waals surface area contributed by atoms with Gasteiger partial charge < -0.3 is 75.8 Å². The third-order valence-corrected chi connectivity index (χ3v) is 6.11. The Hall–Kier alpha value is -1.08. The standard InChI is InChI=1S/C36H70O16/c1-3-5-37-7-9-39-11-13-41-15-17-43-19-21-45-23-25-47-27-29-49-31-33-51-35-36-52-34-32-50-30-28-48-26-24-46-22-20-44-18-16-42-14-12-40-10-8-38-6-4-2/h1H,4-36H2,2H3. The van der Waals surface area contributed by atoms with Gasteiger partial charge in [-0.25, -0.2) is 0 Å². The van der Waals surface area contributed by atoms with E-state index in [-0.39, 0.29) is 0 Å². The van der Waals surface area contributed by atoms with Crippen LogP contribution in [0.3, 0.4) is 0 Å². The van der Waals surface area contributed by atoms with E-state index in [1.807, 2.05) is 0 Å². The van der Waals surface area contributed by atoms with Crippen LogP contribution in [0, 0.1) is 12.3 Å². The lowest BCUT2D eigenvalue weighted by atomic mass is 10.5. The second kappa shape index (κ2) is 49.9. The summed E-state index contributed by atoms with van der Waals surface area (Å²) in [4.78, 5) is 0. The van der Waals surface area contributed by atoms with E-state index in [0.717, 1.165) is 13.0 Å². The predicted molar refractivity (Wildman–Crippen MR) is 192 cm³/mol. The molecule has 16 heteroatoms. The highest BCUT2D eigenvalue weighted by Crippen LogP contribution is 1.89. The maximum absolute atomic E-state index is 5.49. The van der Waals surface area contributed by atoms with Gasteiger partial charge in [0, 0.05) is 6.61 Å². The van der Waals surface area contributed by atoms with Crippen molar-refractivity contribution in [1.82, 2.24) is 0 Å². The van der Waals surface area contributed by atoms with Crippen LogP contribution in [0.4, 0.5) is 0 Å². The van der Waals surface area contributed by atoms with E-state index in [9.17, 15) is 0 Å². The zero-order chi connectivity index (χ0) is 37.4. The molecule has 16 nitrogen and oxygen atoms in total. The van der Waals surface area contributed by atoms with Gasteiger partial charge in [-0.2, -0.15) is 0 Å². The summed E-state index contributed by atoms with van der Waals surface area (Å²) in [6.45, 7) is 18.7. The quantitative estimate of drug-likeness (QED) is 0.0648. The lowest BCUT2D eigenvalue weighted by Crippen LogP contribution is -2.16. The summed E-state index contributed by atoms with van der Waals surface area (Å²) < 4.78 is 86.8. The average molecular weight is 759 g/mol. The van der Waals surface area contributed by atoms with E-state index >= 15 is 0 Å². The molecule has 52 heavy (non-hydrogen) atoms. The van der Waals surface area contributed by atoms with E-state index in [0.29, 0.717) is 205 Å². The highest BCUT2D eigenvalue weighted by Gasteiger charge is 1.97. The van der Waals surface area contributed by atoms with E-state index in [1.54, 1.807) is 0 Å². The van der Waals surface area contributed by atoms with E-state index < -0.39 is 0 Å². The molecule has 0 heterocycles. The first kappa shape index (κ1) is 50.9. The fourth-order valence-corrected chi connectivity index (χ4v) is 3.57. The molecule has 0 radical (unpaired) electrons. The second-order valence-electron chi connectivity index (χ2n) is 10.4. The van der Waals surface area contributed by atoms with Crippen molar-refractivity contribution in [1.29, 1.82) is 0 Å². The maximum Gasteiger partial charge on any atom is 0.107 e. The summed E-state index contributed by atoms with van der Waals surface area (Å²) in [5.41, 5.74) is 0. The molecule has 0 saturated heterocycles. The molecular formula is C36H70O16. The average Bonchev–Trinajstić information content (AvgIpc) is 3.16. The summed E-state index contributed by atoms with van der Waals surface area (Å²) in [5, 5.41) is 0. The SMILES string of the molecule is C#CCOCCOCCOCCOCCOCCOCCOCCOCCOCCOCCOCCOCCOCCOCCOCCOCCC. The van der Waals surface area contributed by atoms with Crippen LogP contribution in [0.15, 0.2) is 0 Å². The third kappa shape index (κ3) is 48.9. The minimum Gasteiger partial charge on any atom is -0.379 e. The van der Waals surface area contributed by atoms with Crippen molar-refractivity contribution in [3.05, 3.63) is 0 Å². The normalized spacial score (nSPS) is 11.5. The Kier molecular flexibility index (Phi) is 48.9. The molecule has 0 aliphatic rings. The van der Waals surface area contributed by atoms with Gasteiger partial charge in [0.15, 0.2) is 0 Å². The Bertz CT molecular complexity index is 673. The molecule has 310 valence electrons. The Morgan fingerprint density at radius 3 is 0.500 bits per heavy atom. The summed E-state index contributed by atoms with van der Waals surface area (Å²) in [5.74, 6) is 2.40. The highest BCUT2D eigenvalue weighted by atomic mass is 16.6. The van der Waals surface area contributed by atoms with Gasteiger partial charge in [-0.05, 0) is 6.42 Å². The topological polar surface area (TPSA) is 148 Å². The Morgan fingerprint density at radius 1 is 0.231 bits per heavy atom. The molecule has 0 saturated carbocycles. The molecule has 0 unspecified atom stereocenters. The smallest absolute Gasteiger partial charge is 0.107 e. The molecule has 0 fully saturated rings. The largest absolute Gasteiger partial charge is 0.379 e. The van der Waals surface area contributed by atoms with Gasteiger partial charge in [-0.3, -0.25) is 0 Å². The minimum atomic E-state index is 0.305. The van der Waals surface area contributed by atoms with Crippen LogP contribution in [0.5, 0.6) is 0 Å². The molecule has 0 aliphatic carbocycles. The molecule has 0 aromatic carbocycles. The van der Waals surface area contributed by atoms with E-state index in [1.165, 1.54) is 0 Å². The summed E-state index contributed by atoms with van der Waals surface area (Å²) in [6.07, 6.45) is 6.11. The van der Waals surface area contributed by atoms with Crippen LogP contribution >= 0.6 is 0 Å². The van der Waals surface area contributed by atoms with Crippen LogP contribution in [0.2, 0.25) is 0 Å². The lowest BCUT2D eigenvalue weighted by molar-refractivity contribution is -0.0303. The third-order valence-electron chi connectivity index (χ3n) is 6.11. The number of rotatable bonds is 48. The second-order valence-corrected chi connectivity index (χ2v) is 10.4. The molecule has 0 atom stereocenters. The first-order valence-corrected chi connectivity index (χ1v) is 18.6. The maximum atomic E-state index is 5.49. The Morgan fingerprint density at radius 2 is 0.365 bits per heavy atom. The molecule has 0 N–H and O–H groups in total. The molecule has 0 aromatic heterocycles. The molecule has 0 bridgehead atoms. The van der Waals surface area contributed by atoms with Crippen molar-refractivity contribution < 1.29 is 75.8 Å². The predicted octanol–water partition coefficient (Wildman–Crippen LogP) is 1.30. The van der Waals surface area contributed by atoms with E-state index in [4.69, 9.17) is 82.2 Å². The van der Waals surface area contributed by atoms with Crippen molar-refractivity contribution in [3.8, 4) is 12.3 Å². The highest BCUT2D eigenvalue weighted by molar-refractivity contribution is 4.82. The van der Waals surface area contributed by atoms with Crippen molar-refractivity contribution in [2.24, 2.45) is 0 Å². The van der Waals surface area contributed by atoms with Gasteiger partial charge >= 0.3 is 0 Å². The molecule has 0 amide bonds. The number of terminal acetylenes is 1. The van der Waals surface area contributed by atoms with Gasteiger partial charge in [-0.1, -0.05) is 12.8 Å². The fourth-order valence-electron chi connectivity index (χ4n) is 3.57. The van der Waals surface area contributed by atoms with Gasteiger partial charge in [0.25, 0.3) is 0 Å². The van der Waals surface area contributed by atoms with E-state index in [2.05, 4.69) is 12.8 Å². The Labute approximate surface area is 312 Å². The minimum absolute atomic E-state index is 0.305. The van der Waals surface area contributed by atoms with Crippen molar-refractivity contribution in [3.63, 3.8) is 0 Å². The van der Waals surface area contributed by atoms with Crippen LogP contribution in [0.25, 0.3) is 0 Å². The molecule has 0 aromatic rings. The lowest BCUT2D eigenvalue weighted by Gasteiger charge is -2.09. The van der Waals surface area contributed by atoms with Crippen molar-refractivity contribution >= 4 is 0 Å². The fraction of sp³-hybridized carbons (Fsp3) is 0.944. The molecular weight excluding hydrogens is 688 g/mol. The Balaban J connectivity index is 3.05. The van der Waals surface area contributed by atoms with Crippen LogP contribution < -0.4 is 0 Å². The number of hydrogen-bond acceptors (Lipinski definition) is 16. The first-order valence-electron chi connectivity index (χ1n) is 18.6. The summed E-state index contributed by atoms with van der Waals surface area (Å²) in [6, 6.07) is 0. The summed E-state index contributed by atoms with van der Waals surface area (Å²) >= 11 is 0. The van der Waals surface area contributed by atoms with Crippen LogP contribution in [0.1, 0.15) is 13.3 Å². The van der Waals surface area contributed by atoms with Gasteiger partial charge in [0.2, 0.25) is 0 Å². The molecule has 0 spiro atoms. The number of hydrogen-bond donors (Lipinski definition) is 0. The van der Waals surface area contributed by atoms with Crippen molar-refractivity contribution in [2.75, 3.05) is 211 Å². The van der Waals surface area contributed by atoms with Gasteiger partial charge in [0.1, 0.15) is 6.61 Å². The number of ether oxygens (including phenoxy) is 16. The molecule has 0 rings (SSSR count).